The molecule has 0 amide bonds. The minimum Gasteiger partial charge on any atom is -0.394 e. The van der Waals surface area contributed by atoms with Crippen LogP contribution in [0.4, 0.5) is 0 Å². The van der Waals surface area contributed by atoms with E-state index in [9.17, 15) is 25.7 Å². The number of aliphatic hydroxyl groups excluding tert-OH is 4. The number of rotatable bonds is 3. The van der Waals surface area contributed by atoms with Gasteiger partial charge in [0.05, 0.1) is 17.9 Å². The number of aliphatic hydroxyl groups is 4. The van der Waals surface area contributed by atoms with Crippen LogP contribution in [0.5, 0.6) is 0 Å². The molecule has 1 aliphatic rings. The first-order valence-electron chi connectivity index (χ1n) is 8.11. The van der Waals surface area contributed by atoms with Crippen molar-refractivity contribution < 1.29 is 25.2 Å². The average Bonchev–Trinajstić information content (AvgIpc) is 2.67. The van der Waals surface area contributed by atoms with Crippen LogP contribution in [0, 0.1) is 16.0 Å². The molecule has 2 heterocycles. The van der Waals surface area contributed by atoms with E-state index in [2.05, 4.69) is 0 Å². The van der Waals surface area contributed by atoms with Gasteiger partial charge in [-0.05, 0) is 29.8 Å². The Hall–Kier alpha value is -1.83. The molecule has 0 spiro atoms. The Balaban J connectivity index is 2.19. The van der Waals surface area contributed by atoms with E-state index in [1.54, 1.807) is 36.4 Å². The van der Waals surface area contributed by atoms with E-state index in [1.807, 2.05) is 6.07 Å². The highest BCUT2D eigenvalue weighted by Gasteiger charge is 2.44. The van der Waals surface area contributed by atoms with Crippen LogP contribution in [0.3, 0.4) is 0 Å². The molecule has 0 bridgehead atoms. The number of hydrogen-bond donors (Lipinski definition) is 4. The number of aromatic nitrogens is 1. The van der Waals surface area contributed by atoms with Crippen molar-refractivity contribution in [3.05, 3.63) is 51.6 Å². The maximum absolute atomic E-state index is 10.5. The van der Waals surface area contributed by atoms with Gasteiger partial charge in [-0.3, -0.25) is 0 Å². The number of benzene rings is 1. The lowest BCUT2D eigenvalue weighted by atomic mass is 9.97. The van der Waals surface area contributed by atoms with Gasteiger partial charge >= 0.3 is 0 Å². The number of ether oxygens (including phenoxy) is 1. The molecule has 4 N–H and O–H groups in total. The Labute approximate surface area is 165 Å². The van der Waals surface area contributed by atoms with Gasteiger partial charge in [-0.25, -0.2) is 0 Å². The Bertz CT molecular complexity index is 925. The van der Waals surface area contributed by atoms with Crippen LogP contribution in [0.2, 0.25) is 5.02 Å². The van der Waals surface area contributed by atoms with Gasteiger partial charge in [0, 0.05) is 5.02 Å². The second-order valence-electron chi connectivity index (χ2n) is 6.15. The summed E-state index contributed by atoms with van der Waals surface area (Å²) in [5, 5.41) is 49.9. The largest absolute Gasteiger partial charge is 0.394 e. The zero-order valence-electron chi connectivity index (χ0n) is 13.9. The van der Waals surface area contributed by atoms with Gasteiger partial charge in [-0.15, -0.1) is 0 Å². The predicted molar refractivity (Wildman–Crippen MR) is 99.4 cm³/mol. The van der Waals surface area contributed by atoms with Gasteiger partial charge in [-0.2, -0.15) is 5.26 Å². The average molecular weight is 409 g/mol. The quantitative estimate of drug-likeness (QED) is 0.566. The van der Waals surface area contributed by atoms with Crippen molar-refractivity contribution in [3.63, 3.8) is 0 Å². The molecule has 1 fully saturated rings. The molecule has 27 heavy (non-hydrogen) atoms. The maximum atomic E-state index is 10.5. The second kappa shape index (κ2) is 8.04. The lowest BCUT2D eigenvalue weighted by molar-refractivity contribution is -0.251. The smallest absolute Gasteiger partial charge is 0.164 e. The topological polar surface area (TPSA) is 119 Å². The summed E-state index contributed by atoms with van der Waals surface area (Å²) in [6, 6.07) is 12.0. The minimum atomic E-state index is -1.56. The molecule has 0 aliphatic carbocycles. The molecule has 2 aromatic rings. The third kappa shape index (κ3) is 3.63. The summed E-state index contributed by atoms with van der Waals surface area (Å²) in [4.78, 5) is 0. The first-order valence-corrected chi connectivity index (χ1v) is 8.89. The highest BCUT2D eigenvalue weighted by molar-refractivity contribution is 7.71. The summed E-state index contributed by atoms with van der Waals surface area (Å²) in [6.45, 7) is -0.566. The minimum absolute atomic E-state index is 0.0919. The standard InChI is InChI=1S/C18H17ClN2O5S/c19-11-4-1-9(2-5-11)12-6-3-10(7-20)18(27)21(12)17-16(25)15(24)14(23)13(8-22)26-17/h1-6,13-17,22-25H,8H2/t13-,14+,15+,16+,17-/m0/s1. The van der Waals surface area contributed by atoms with Crippen LogP contribution < -0.4 is 0 Å². The summed E-state index contributed by atoms with van der Waals surface area (Å²) in [6.07, 6.45) is -6.90. The van der Waals surface area contributed by atoms with Crippen molar-refractivity contribution in [1.29, 1.82) is 5.26 Å². The third-order valence-corrected chi connectivity index (χ3v) is 5.17. The molecule has 142 valence electrons. The number of nitrogens with zero attached hydrogens (tertiary/aromatic N) is 2. The second-order valence-corrected chi connectivity index (χ2v) is 6.97. The van der Waals surface area contributed by atoms with Crippen molar-refractivity contribution >= 4 is 23.8 Å². The van der Waals surface area contributed by atoms with Gasteiger partial charge in [0.15, 0.2) is 6.23 Å². The van der Waals surface area contributed by atoms with Gasteiger partial charge in [-0.1, -0.05) is 36.0 Å². The van der Waals surface area contributed by atoms with Gasteiger partial charge < -0.3 is 29.7 Å². The third-order valence-electron chi connectivity index (χ3n) is 4.50. The van der Waals surface area contributed by atoms with E-state index in [-0.39, 0.29) is 10.2 Å². The zero-order valence-corrected chi connectivity index (χ0v) is 15.5. The molecule has 9 heteroatoms. The molecule has 1 aromatic heterocycles. The van der Waals surface area contributed by atoms with Crippen molar-refractivity contribution in [2.75, 3.05) is 6.61 Å². The first-order chi connectivity index (χ1) is 12.9. The molecule has 7 nitrogen and oxygen atoms in total. The first kappa shape index (κ1) is 19.9. The van der Waals surface area contributed by atoms with Crippen LogP contribution in [0.1, 0.15) is 11.8 Å². The van der Waals surface area contributed by atoms with Crippen LogP contribution in [-0.4, -0.2) is 56.0 Å². The monoisotopic (exact) mass is 408 g/mol. The fourth-order valence-electron chi connectivity index (χ4n) is 3.04. The molecular formula is C18H17ClN2O5S. The van der Waals surface area contributed by atoms with Crippen molar-refractivity contribution in [2.45, 2.75) is 30.6 Å². The van der Waals surface area contributed by atoms with Crippen molar-refractivity contribution in [2.24, 2.45) is 0 Å². The summed E-state index contributed by atoms with van der Waals surface area (Å²) >= 11 is 11.3. The lowest BCUT2D eigenvalue weighted by Crippen LogP contribution is -2.56. The molecular weight excluding hydrogens is 392 g/mol. The SMILES string of the molecule is N#Cc1ccc(-c2ccc(Cl)cc2)n([C@H]2O[C@@H](CO)[C@@H](O)[C@@H](O)[C@H]2O)c1=S. The van der Waals surface area contributed by atoms with E-state index in [4.69, 9.17) is 28.6 Å². The molecule has 1 aromatic carbocycles. The molecule has 3 rings (SSSR count). The summed E-state index contributed by atoms with van der Waals surface area (Å²) in [5.41, 5.74) is 1.38. The van der Waals surface area contributed by atoms with E-state index >= 15 is 0 Å². The normalized spacial score (nSPS) is 27.9. The molecule has 0 radical (unpaired) electrons. The summed E-state index contributed by atoms with van der Waals surface area (Å²) < 4.78 is 7.13. The van der Waals surface area contributed by atoms with Crippen LogP contribution in [-0.2, 0) is 4.74 Å². The van der Waals surface area contributed by atoms with Crippen molar-refractivity contribution in [1.82, 2.24) is 4.57 Å². The molecule has 1 aliphatic heterocycles. The molecule has 0 saturated carbocycles. The van der Waals surface area contributed by atoms with Crippen LogP contribution in [0.15, 0.2) is 36.4 Å². The molecule has 0 unspecified atom stereocenters. The Morgan fingerprint density at radius 3 is 2.33 bits per heavy atom. The number of halogens is 1. The maximum Gasteiger partial charge on any atom is 0.164 e. The molecule has 1 saturated heterocycles. The highest BCUT2D eigenvalue weighted by atomic mass is 35.5. The predicted octanol–water partition coefficient (Wildman–Crippen LogP) is 1.38. The van der Waals surface area contributed by atoms with Gasteiger partial charge in [0.2, 0.25) is 0 Å². The fourth-order valence-corrected chi connectivity index (χ4v) is 3.48. The Morgan fingerprint density at radius 1 is 1.07 bits per heavy atom. The van der Waals surface area contributed by atoms with Crippen LogP contribution >= 0.6 is 23.8 Å². The van der Waals surface area contributed by atoms with Crippen molar-refractivity contribution in [3.8, 4) is 17.3 Å². The number of pyridine rings is 1. The summed E-state index contributed by atoms with van der Waals surface area (Å²) in [5.74, 6) is 0. The van der Waals surface area contributed by atoms with Crippen LogP contribution in [0.25, 0.3) is 11.3 Å². The van der Waals surface area contributed by atoms with E-state index in [1.165, 1.54) is 4.57 Å². The number of nitriles is 1. The summed E-state index contributed by atoms with van der Waals surface area (Å²) in [7, 11) is 0. The lowest BCUT2D eigenvalue weighted by Gasteiger charge is -2.41. The van der Waals surface area contributed by atoms with Gasteiger partial charge in [0.25, 0.3) is 0 Å². The van der Waals surface area contributed by atoms with Gasteiger partial charge in [0.1, 0.15) is 35.1 Å². The Kier molecular flexibility index (Phi) is 5.93. The van der Waals surface area contributed by atoms with E-state index in [0.717, 1.165) is 0 Å². The zero-order chi connectivity index (χ0) is 19.7. The highest BCUT2D eigenvalue weighted by Crippen LogP contribution is 2.33. The van der Waals surface area contributed by atoms with E-state index < -0.39 is 37.3 Å². The molecule has 5 atom stereocenters. The fraction of sp³-hybridized carbons (Fsp3) is 0.333. The Morgan fingerprint density at radius 2 is 1.74 bits per heavy atom. The van der Waals surface area contributed by atoms with E-state index in [0.29, 0.717) is 16.3 Å². The number of hydrogen-bond acceptors (Lipinski definition) is 7.